The Balaban J connectivity index is 2.22. The summed E-state index contributed by atoms with van der Waals surface area (Å²) in [5.74, 6) is -0.340. The molecule has 0 unspecified atom stereocenters. The molecule has 1 amide bonds. The van der Waals surface area contributed by atoms with Crippen LogP contribution in [0.15, 0.2) is 18.2 Å². The van der Waals surface area contributed by atoms with Crippen LogP contribution in [-0.4, -0.2) is 5.91 Å². The molecule has 0 atom stereocenters. The highest BCUT2D eigenvalue weighted by Gasteiger charge is 2.44. The van der Waals surface area contributed by atoms with Crippen molar-refractivity contribution in [2.24, 2.45) is 5.41 Å². The molecule has 18 heavy (non-hydrogen) atoms. The second-order valence-electron chi connectivity index (χ2n) is 4.31. The van der Waals surface area contributed by atoms with Crippen LogP contribution in [0.5, 0.6) is 0 Å². The molecule has 1 N–H and O–H groups in total. The van der Waals surface area contributed by atoms with Crippen LogP contribution in [0.1, 0.15) is 24.8 Å². The molecule has 0 heterocycles. The van der Waals surface area contributed by atoms with Crippen molar-refractivity contribution in [3.63, 3.8) is 0 Å². The van der Waals surface area contributed by atoms with Crippen LogP contribution in [0.3, 0.4) is 0 Å². The number of rotatable bonds is 2. The summed E-state index contributed by atoms with van der Waals surface area (Å²) in [6.45, 7) is 0. The van der Waals surface area contributed by atoms with E-state index in [0.29, 0.717) is 29.1 Å². The number of halogens is 1. The van der Waals surface area contributed by atoms with Crippen molar-refractivity contribution in [2.75, 3.05) is 5.32 Å². The molecular weight excluding hydrogens is 250 g/mol. The van der Waals surface area contributed by atoms with E-state index in [1.54, 1.807) is 12.1 Å². The molecule has 90 valence electrons. The Morgan fingerprint density at radius 3 is 2.61 bits per heavy atom. The van der Waals surface area contributed by atoms with Crippen LogP contribution in [0.4, 0.5) is 5.69 Å². The Morgan fingerprint density at radius 2 is 2.11 bits per heavy atom. The third-order valence-electron chi connectivity index (χ3n) is 3.20. The first kappa shape index (κ1) is 12.4. The highest BCUT2D eigenvalue weighted by Crippen LogP contribution is 2.41. The average Bonchev–Trinajstić information content (AvgIpc) is 2.31. The van der Waals surface area contributed by atoms with Crippen LogP contribution >= 0.6 is 11.6 Å². The van der Waals surface area contributed by atoms with E-state index in [9.17, 15) is 4.79 Å². The largest absolute Gasteiger partial charge is 0.323 e. The molecule has 0 aliphatic heterocycles. The monoisotopic (exact) mass is 259 g/mol. The highest BCUT2D eigenvalue weighted by atomic mass is 35.5. The van der Waals surface area contributed by atoms with Crippen molar-refractivity contribution in [1.29, 1.82) is 10.5 Å². The topological polar surface area (TPSA) is 76.7 Å². The summed E-state index contributed by atoms with van der Waals surface area (Å²) in [4.78, 5) is 12.0. The highest BCUT2D eigenvalue weighted by molar-refractivity contribution is 6.33. The summed E-state index contributed by atoms with van der Waals surface area (Å²) in [5.41, 5.74) is -0.136. The lowest BCUT2D eigenvalue weighted by Gasteiger charge is -2.33. The van der Waals surface area contributed by atoms with Gasteiger partial charge < -0.3 is 5.32 Å². The molecule has 4 nitrogen and oxygen atoms in total. The molecule has 0 radical (unpaired) electrons. The van der Waals surface area contributed by atoms with Gasteiger partial charge in [-0.3, -0.25) is 4.79 Å². The van der Waals surface area contributed by atoms with Crippen LogP contribution in [-0.2, 0) is 4.79 Å². The molecule has 5 heteroatoms. The van der Waals surface area contributed by atoms with Gasteiger partial charge in [0.1, 0.15) is 5.41 Å². The quantitative estimate of drug-likeness (QED) is 0.887. The molecule has 1 fully saturated rings. The van der Waals surface area contributed by atoms with Gasteiger partial charge in [0, 0.05) is 0 Å². The predicted octanol–water partition coefficient (Wildman–Crippen LogP) is 2.84. The van der Waals surface area contributed by atoms with Crippen molar-refractivity contribution < 1.29 is 4.79 Å². The summed E-state index contributed by atoms with van der Waals surface area (Å²) in [7, 11) is 0. The summed E-state index contributed by atoms with van der Waals surface area (Å²) in [5, 5.41) is 20.8. The molecule has 1 aromatic carbocycles. The zero-order valence-corrected chi connectivity index (χ0v) is 10.3. The Morgan fingerprint density at radius 1 is 1.39 bits per heavy atom. The Kier molecular flexibility index (Phi) is 3.23. The van der Waals surface area contributed by atoms with Crippen LogP contribution in [0, 0.1) is 28.1 Å². The normalized spacial score (nSPS) is 15.9. The molecule has 0 aromatic heterocycles. The molecule has 1 aromatic rings. The maximum absolute atomic E-state index is 12.0. The van der Waals surface area contributed by atoms with Gasteiger partial charge in [0.05, 0.1) is 28.4 Å². The van der Waals surface area contributed by atoms with Gasteiger partial charge in [-0.15, -0.1) is 0 Å². The van der Waals surface area contributed by atoms with Crippen molar-refractivity contribution in [3.8, 4) is 12.1 Å². The maximum atomic E-state index is 12.0. The fraction of sp³-hybridized carbons (Fsp3) is 0.308. The lowest BCUT2D eigenvalue weighted by Crippen LogP contribution is -2.40. The average molecular weight is 260 g/mol. The van der Waals surface area contributed by atoms with E-state index in [2.05, 4.69) is 11.4 Å². The lowest BCUT2D eigenvalue weighted by atomic mass is 9.69. The minimum atomic E-state index is -0.925. The van der Waals surface area contributed by atoms with Crippen LogP contribution < -0.4 is 5.32 Å². The number of anilines is 1. The van der Waals surface area contributed by atoms with Crippen LogP contribution in [0.25, 0.3) is 0 Å². The minimum absolute atomic E-state index is 0.340. The van der Waals surface area contributed by atoms with Crippen molar-refractivity contribution >= 4 is 23.2 Å². The van der Waals surface area contributed by atoms with E-state index in [-0.39, 0.29) is 5.91 Å². The third kappa shape index (κ3) is 2.03. The van der Waals surface area contributed by atoms with Gasteiger partial charge in [-0.25, -0.2) is 0 Å². The second-order valence-corrected chi connectivity index (χ2v) is 4.72. The zero-order valence-electron chi connectivity index (χ0n) is 9.53. The van der Waals surface area contributed by atoms with E-state index in [1.165, 1.54) is 6.07 Å². The second kappa shape index (κ2) is 4.68. The third-order valence-corrected chi connectivity index (χ3v) is 3.53. The lowest BCUT2D eigenvalue weighted by molar-refractivity contribution is -0.126. The molecule has 1 saturated carbocycles. The van der Waals surface area contributed by atoms with Gasteiger partial charge in [0.25, 0.3) is 0 Å². The summed E-state index contributed by atoms with van der Waals surface area (Å²) in [6.07, 6.45) is 2.03. The van der Waals surface area contributed by atoms with Gasteiger partial charge in [-0.2, -0.15) is 10.5 Å². The SMILES string of the molecule is N#Cc1ccc(Cl)c(NC(=O)C2(C#N)CCC2)c1. The van der Waals surface area contributed by atoms with E-state index < -0.39 is 5.41 Å². The molecular formula is C13H10ClN3O. The summed E-state index contributed by atoms with van der Waals surface area (Å²) < 4.78 is 0. The smallest absolute Gasteiger partial charge is 0.244 e. The van der Waals surface area contributed by atoms with Gasteiger partial charge in [0.2, 0.25) is 5.91 Å². The molecule has 0 bridgehead atoms. The molecule has 2 rings (SSSR count). The fourth-order valence-electron chi connectivity index (χ4n) is 1.85. The molecule has 0 spiro atoms. The number of hydrogen-bond donors (Lipinski definition) is 1. The van der Waals surface area contributed by atoms with E-state index >= 15 is 0 Å². The molecule has 1 aliphatic rings. The number of nitrogens with one attached hydrogen (secondary N) is 1. The van der Waals surface area contributed by atoms with Crippen molar-refractivity contribution in [2.45, 2.75) is 19.3 Å². The zero-order chi connectivity index (χ0) is 13.2. The van der Waals surface area contributed by atoms with Gasteiger partial charge in [-0.05, 0) is 37.5 Å². The van der Waals surface area contributed by atoms with E-state index in [4.69, 9.17) is 22.1 Å². The van der Waals surface area contributed by atoms with Crippen molar-refractivity contribution in [1.82, 2.24) is 0 Å². The Labute approximate surface area is 110 Å². The number of amides is 1. The fourth-order valence-corrected chi connectivity index (χ4v) is 2.02. The number of nitriles is 2. The van der Waals surface area contributed by atoms with Gasteiger partial charge in [-0.1, -0.05) is 11.6 Å². The summed E-state index contributed by atoms with van der Waals surface area (Å²) >= 11 is 5.94. The number of carbonyl (C=O) groups excluding carboxylic acids is 1. The first-order chi connectivity index (χ1) is 8.61. The first-order valence-corrected chi connectivity index (χ1v) is 5.91. The predicted molar refractivity (Wildman–Crippen MR) is 66.7 cm³/mol. The van der Waals surface area contributed by atoms with E-state index in [1.807, 2.05) is 6.07 Å². The maximum Gasteiger partial charge on any atom is 0.244 e. The first-order valence-electron chi connectivity index (χ1n) is 5.54. The number of carbonyl (C=O) groups is 1. The van der Waals surface area contributed by atoms with E-state index in [0.717, 1.165) is 6.42 Å². The Hall–Kier alpha value is -2.04. The van der Waals surface area contributed by atoms with Gasteiger partial charge in [0.15, 0.2) is 0 Å². The molecule has 0 saturated heterocycles. The van der Waals surface area contributed by atoms with Gasteiger partial charge >= 0.3 is 0 Å². The number of benzene rings is 1. The number of nitrogens with zero attached hydrogens (tertiary/aromatic N) is 2. The van der Waals surface area contributed by atoms with Crippen molar-refractivity contribution in [3.05, 3.63) is 28.8 Å². The standard InChI is InChI=1S/C13H10ClN3O/c14-10-3-2-9(7-15)6-11(10)17-12(18)13(8-16)4-1-5-13/h2-3,6H,1,4-5H2,(H,17,18). The van der Waals surface area contributed by atoms with Crippen LogP contribution in [0.2, 0.25) is 5.02 Å². The minimum Gasteiger partial charge on any atom is -0.323 e. The number of hydrogen-bond acceptors (Lipinski definition) is 3. The Bertz CT molecular complexity index is 579. The summed E-state index contributed by atoms with van der Waals surface area (Å²) in [6, 6.07) is 8.66. The molecule has 1 aliphatic carbocycles.